The Balaban J connectivity index is 2.42. The monoisotopic (exact) mass is 319 g/mol. The zero-order chi connectivity index (χ0) is 15.8. The lowest BCUT2D eigenvalue weighted by Gasteiger charge is -2.31. The van der Waals surface area contributed by atoms with Crippen LogP contribution in [0.3, 0.4) is 0 Å². The molecule has 2 nitrogen and oxygen atoms in total. The highest BCUT2D eigenvalue weighted by Crippen LogP contribution is 2.47. The van der Waals surface area contributed by atoms with Crippen LogP contribution in [0.4, 0.5) is 17.6 Å². The molecule has 0 aromatic carbocycles. The number of hydrogen-bond acceptors (Lipinski definition) is 2. The van der Waals surface area contributed by atoms with Crippen molar-refractivity contribution in [3.05, 3.63) is 52.6 Å². The molecule has 1 aliphatic carbocycles. The number of ketones is 1. The molecule has 1 aliphatic rings. The third kappa shape index (κ3) is 3.15. The van der Waals surface area contributed by atoms with Gasteiger partial charge in [-0.25, -0.2) is 4.39 Å². The second-order valence-corrected chi connectivity index (χ2v) is 5.41. The molecule has 0 radical (unpaired) electrons. The maximum absolute atomic E-state index is 13.5. The normalized spacial score (nSPS) is 22.6. The molecule has 2 rings (SSSR count). The fourth-order valence-electron chi connectivity index (χ4n) is 1.98. The smallest absolute Gasteiger partial charge is 0.287 e. The largest absolute Gasteiger partial charge is 0.398 e. The average Bonchev–Trinajstić information content (AvgIpc) is 2.36. The van der Waals surface area contributed by atoms with Crippen LogP contribution in [0, 0.1) is 5.41 Å². The van der Waals surface area contributed by atoms with Gasteiger partial charge in [-0.2, -0.15) is 13.2 Å². The molecule has 1 aromatic rings. The third-order valence-electron chi connectivity index (χ3n) is 3.19. The van der Waals surface area contributed by atoms with E-state index >= 15 is 0 Å². The Labute approximate surface area is 123 Å². The third-order valence-corrected chi connectivity index (χ3v) is 3.42. The van der Waals surface area contributed by atoms with Crippen molar-refractivity contribution in [1.29, 1.82) is 0 Å². The molecule has 0 saturated carbocycles. The van der Waals surface area contributed by atoms with Crippen LogP contribution >= 0.6 is 11.6 Å². The maximum atomic E-state index is 13.5. The highest BCUT2D eigenvalue weighted by Gasteiger charge is 2.51. The number of carbonyl (C=O) groups excluding carboxylic acids is 1. The number of hydrogen-bond donors (Lipinski definition) is 0. The van der Waals surface area contributed by atoms with Gasteiger partial charge in [0, 0.05) is 18.2 Å². The van der Waals surface area contributed by atoms with Crippen molar-refractivity contribution in [1.82, 2.24) is 4.98 Å². The van der Waals surface area contributed by atoms with Gasteiger partial charge in [-0.3, -0.25) is 9.78 Å². The highest BCUT2D eigenvalue weighted by atomic mass is 35.5. The molecule has 0 spiro atoms. The molecule has 7 heteroatoms. The summed E-state index contributed by atoms with van der Waals surface area (Å²) in [7, 11) is 0. The van der Waals surface area contributed by atoms with Gasteiger partial charge < -0.3 is 0 Å². The van der Waals surface area contributed by atoms with E-state index in [1.165, 1.54) is 18.3 Å². The summed E-state index contributed by atoms with van der Waals surface area (Å²) in [6.45, 7) is 0.849. The van der Waals surface area contributed by atoms with Gasteiger partial charge in [0.25, 0.3) is 0 Å². The number of halogens is 5. The number of allylic oxidation sites excluding steroid dienone is 4. The fraction of sp³-hybridized carbons (Fsp3) is 0.286. The second-order valence-electron chi connectivity index (χ2n) is 4.97. The van der Waals surface area contributed by atoms with Gasteiger partial charge in [-0.05, 0) is 25.1 Å². The predicted octanol–water partition coefficient (Wildman–Crippen LogP) is 4.67. The van der Waals surface area contributed by atoms with Crippen molar-refractivity contribution in [2.45, 2.75) is 19.5 Å². The molecule has 0 fully saturated rings. The molecule has 1 heterocycles. The summed E-state index contributed by atoms with van der Waals surface area (Å²) >= 11 is 5.62. The Morgan fingerprint density at radius 2 is 2.05 bits per heavy atom. The number of Topliss-reactive ketones (excluding diaryl/α,β-unsaturated/α-hetero) is 1. The SMILES string of the molecule is CC1(C(F)(F)F)C=C(C(=O)c2ccc(Cl)cn2)C=C(F)C1. The first-order valence-electron chi connectivity index (χ1n) is 5.94. The number of pyridine rings is 1. The van der Waals surface area contributed by atoms with E-state index < -0.39 is 29.6 Å². The zero-order valence-corrected chi connectivity index (χ0v) is 11.6. The molecule has 0 saturated heterocycles. The van der Waals surface area contributed by atoms with Crippen LogP contribution in [0.5, 0.6) is 0 Å². The maximum Gasteiger partial charge on any atom is 0.398 e. The minimum atomic E-state index is -4.66. The van der Waals surface area contributed by atoms with Gasteiger partial charge in [0.1, 0.15) is 11.5 Å². The topological polar surface area (TPSA) is 30.0 Å². The lowest BCUT2D eigenvalue weighted by atomic mass is 9.79. The molecule has 1 unspecified atom stereocenters. The van der Waals surface area contributed by atoms with Crippen molar-refractivity contribution < 1.29 is 22.4 Å². The lowest BCUT2D eigenvalue weighted by molar-refractivity contribution is -0.201. The van der Waals surface area contributed by atoms with Gasteiger partial charge in [-0.1, -0.05) is 17.7 Å². The molecule has 0 bridgehead atoms. The Bertz CT molecular complexity index is 633. The molecular weight excluding hydrogens is 310 g/mol. The first-order chi connectivity index (χ1) is 9.62. The molecule has 0 aliphatic heterocycles. The number of alkyl halides is 3. The lowest BCUT2D eigenvalue weighted by Crippen LogP contribution is -2.35. The van der Waals surface area contributed by atoms with Crippen LogP contribution in [0.15, 0.2) is 41.9 Å². The van der Waals surface area contributed by atoms with Crippen LogP contribution in [0.25, 0.3) is 0 Å². The molecule has 21 heavy (non-hydrogen) atoms. The van der Waals surface area contributed by atoms with Gasteiger partial charge in [0.05, 0.1) is 10.4 Å². The van der Waals surface area contributed by atoms with Crippen LogP contribution in [-0.4, -0.2) is 16.9 Å². The van der Waals surface area contributed by atoms with Crippen molar-refractivity contribution >= 4 is 17.4 Å². The van der Waals surface area contributed by atoms with Crippen molar-refractivity contribution in [3.63, 3.8) is 0 Å². The second kappa shape index (κ2) is 5.26. The Kier molecular flexibility index (Phi) is 3.93. The van der Waals surface area contributed by atoms with E-state index in [4.69, 9.17) is 11.6 Å². The van der Waals surface area contributed by atoms with E-state index in [0.29, 0.717) is 0 Å². The summed E-state index contributed by atoms with van der Waals surface area (Å²) < 4.78 is 52.6. The molecule has 0 amide bonds. The number of rotatable bonds is 2. The zero-order valence-electron chi connectivity index (χ0n) is 10.8. The molecule has 0 N–H and O–H groups in total. The summed E-state index contributed by atoms with van der Waals surface area (Å²) in [5.41, 5.74) is -2.88. The summed E-state index contributed by atoms with van der Waals surface area (Å²) in [5.74, 6) is -1.77. The summed E-state index contributed by atoms with van der Waals surface area (Å²) in [5, 5.41) is 0.283. The quantitative estimate of drug-likeness (QED) is 0.585. The van der Waals surface area contributed by atoms with E-state index in [-0.39, 0.29) is 16.3 Å². The van der Waals surface area contributed by atoms with Gasteiger partial charge in [0.15, 0.2) is 0 Å². The Morgan fingerprint density at radius 1 is 1.38 bits per heavy atom. The van der Waals surface area contributed by atoms with Crippen LogP contribution < -0.4 is 0 Å². The molecule has 112 valence electrons. The van der Waals surface area contributed by atoms with Crippen molar-refractivity contribution in [2.24, 2.45) is 5.41 Å². The Hall–Kier alpha value is -1.69. The summed E-state index contributed by atoms with van der Waals surface area (Å²) in [4.78, 5) is 15.9. The molecule has 1 atom stereocenters. The van der Waals surface area contributed by atoms with Crippen molar-refractivity contribution in [3.8, 4) is 0 Å². The number of aromatic nitrogens is 1. The highest BCUT2D eigenvalue weighted by molar-refractivity contribution is 6.30. The summed E-state index contributed by atoms with van der Waals surface area (Å²) in [6, 6.07) is 2.66. The first kappa shape index (κ1) is 15.7. The van der Waals surface area contributed by atoms with E-state index in [0.717, 1.165) is 19.1 Å². The van der Waals surface area contributed by atoms with Crippen LogP contribution in [-0.2, 0) is 0 Å². The fourth-order valence-corrected chi connectivity index (χ4v) is 2.09. The Morgan fingerprint density at radius 3 is 2.57 bits per heavy atom. The van der Waals surface area contributed by atoms with Crippen molar-refractivity contribution in [2.75, 3.05) is 0 Å². The van der Waals surface area contributed by atoms with E-state index in [1.54, 1.807) is 0 Å². The van der Waals surface area contributed by atoms with E-state index in [9.17, 15) is 22.4 Å². The first-order valence-corrected chi connectivity index (χ1v) is 6.32. The average molecular weight is 320 g/mol. The number of carbonyl (C=O) groups is 1. The predicted molar refractivity (Wildman–Crippen MR) is 69.6 cm³/mol. The van der Waals surface area contributed by atoms with Gasteiger partial charge >= 0.3 is 6.18 Å². The summed E-state index contributed by atoms with van der Waals surface area (Å²) in [6.07, 6.45) is -2.72. The van der Waals surface area contributed by atoms with Crippen LogP contribution in [0.2, 0.25) is 5.02 Å². The molecule has 1 aromatic heterocycles. The van der Waals surface area contributed by atoms with Gasteiger partial charge in [0.2, 0.25) is 5.78 Å². The van der Waals surface area contributed by atoms with Crippen LogP contribution in [0.1, 0.15) is 23.8 Å². The van der Waals surface area contributed by atoms with E-state index in [1.807, 2.05) is 0 Å². The number of nitrogens with zero attached hydrogens (tertiary/aromatic N) is 1. The van der Waals surface area contributed by atoms with E-state index in [2.05, 4.69) is 4.98 Å². The minimum Gasteiger partial charge on any atom is -0.287 e. The molecular formula is C14H10ClF4NO. The minimum absolute atomic E-state index is 0.0962. The standard InChI is InChI=1S/C14H10ClF4NO/c1-13(14(17,18)19)5-8(4-10(16)6-13)12(21)11-3-2-9(15)7-20-11/h2-5,7H,6H2,1H3. The van der Waals surface area contributed by atoms with Gasteiger partial charge in [-0.15, -0.1) is 0 Å².